The van der Waals surface area contributed by atoms with Gasteiger partial charge in [0.15, 0.2) is 0 Å². The molecular formula is C18H23N3O3. The van der Waals surface area contributed by atoms with Crippen LogP contribution in [0.25, 0.3) is 0 Å². The summed E-state index contributed by atoms with van der Waals surface area (Å²) in [5.41, 5.74) is 1.32. The number of carbonyl (C=O) groups excluding carboxylic acids is 2. The van der Waals surface area contributed by atoms with Crippen molar-refractivity contribution in [3.05, 3.63) is 29.3 Å². The van der Waals surface area contributed by atoms with Gasteiger partial charge in [0.25, 0.3) is 0 Å². The average molecular weight is 329 g/mol. The van der Waals surface area contributed by atoms with Crippen LogP contribution in [0.1, 0.15) is 49.5 Å². The van der Waals surface area contributed by atoms with Crippen molar-refractivity contribution in [2.45, 2.75) is 45.3 Å². The van der Waals surface area contributed by atoms with Gasteiger partial charge in [-0.15, -0.1) is 0 Å². The van der Waals surface area contributed by atoms with Crippen LogP contribution < -0.4 is 10.2 Å². The molecular weight excluding hydrogens is 306 g/mol. The number of aldehydes is 1. The molecule has 0 atom stereocenters. The second-order valence-corrected chi connectivity index (χ2v) is 6.91. The van der Waals surface area contributed by atoms with Crippen LogP contribution in [-0.4, -0.2) is 37.1 Å². The smallest absolute Gasteiger partial charge is 0.407 e. The summed E-state index contributed by atoms with van der Waals surface area (Å²) in [5, 5.41) is 12.2. The summed E-state index contributed by atoms with van der Waals surface area (Å²) in [5.74, 6) is 0. The molecule has 6 heteroatoms. The highest BCUT2D eigenvalue weighted by molar-refractivity contribution is 5.78. The zero-order chi connectivity index (χ0) is 17.7. The van der Waals surface area contributed by atoms with Gasteiger partial charge in [0, 0.05) is 24.7 Å². The van der Waals surface area contributed by atoms with Crippen molar-refractivity contribution in [2.75, 3.05) is 18.0 Å². The van der Waals surface area contributed by atoms with Crippen molar-refractivity contribution in [3.8, 4) is 6.07 Å². The van der Waals surface area contributed by atoms with Gasteiger partial charge in [0.2, 0.25) is 0 Å². The fourth-order valence-corrected chi connectivity index (χ4v) is 2.73. The van der Waals surface area contributed by atoms with Crippen LogP contribution in [0, 0.1) is 11.3 Å². The Morgan fingerprint density at radius 2 is 2.04 bits per heavy atom. The number of alkyl carbamates (subject to hydrolysis) is 1. The normalized spacial score (nSPS) is 15.5. The van der Waals surface area contributed by atoms with Crippen LogP contribution in [0.2, 0.25) is 0 Å². The van der Waals surface area contributed by atoms with Gasteiger partial charge in [0.05, 0.1) is 11.3 Å². The topological polar surface area (TPSA) is 82.4 Å². The summed E-state index contributed by atoms with van der Waals surface area (Å²) in [6, 6.07) is 7.34. The van der Waals surface area contributed by atoms with Crippen LogP contribution in [0.4, 0.5) is 10.5 Å². The molecule has 128 valence electrons. The van der Waals surface area contributed by atoms with E-state index in [1.54, 1.807) is 12.1 Å². The molecule has 1 amide bonds. The lowest BCUT2D eigenvalue weighted by Gasteiger charge is -2.34. The predicted octanol–water partition coefficient (Wildman–Crippen LogP) is 2.86. The number of rotatable bonds is 3. The molecule has 0 spiro atoms. The van der Waals surface area contributed by atoms with Crippen molar-refractivity contribution in [3.63, 3.8) is 0 Å². The van der Waals surface area contributed by atoms with E-state index in [9.17, 15) is 14.9 Å². The fourth-order valence-electron chi connectivity index (χ4n) is 2.73. The van der Waals surface area contributed by atoms with Crippen LogP contribution >= 0.6 is 0 Å². The Morgan fingerprint density at radius 1 is 1.38 bits per heavy atom. The maximum absolute atomic E-state index is 11.8. The average Bonchev–Trinajstić information content (AvgIpc) is 2.53. The van der Waals surface area contributed by atoms with Gasteiger partial charge >= 0.3 is 6.09 Å². The molecule has 6 nitrogen and oxygen atoms in total. The molecule has 0 aromatic heterocycles. The van der Waals surface area contributed by atoms with E-state index in [0.29, 0.717) is 11.1 Å². The highest BCUT2D eigenvalue weighted by Crippen LogP contribution is 2.25. The molecule has 0 unspecified atom stereocenters. The Labute approximate surface area is 142 Å². The highest BCUT2D eigenvalue weighted by Gasteiger charge is 2.24. The second kappa shape index (κ2) is 7.35. The first kappa shape index (κ1) is 17.8. The van der Waals surface area contributed by atoms with Crippen LogP contribution in [-0.2, 0) is 4.74 Å². The molecule has 0 radical (unpaired) electrons. The third kappa shape index (κ3) is 4.72. The van der Waals surface area contributed by atoms with E-state index in [1.807, 2.05) is 26.8 Å². The van der Waals surface area contributed by atoms with Gasteiger partial charge < -0.3 is 15.0 Å². The van der Waals surface area contributed by atoms with E-state index in [1.165, 1.54) is 0 Å². The zero-order valence-electron chi connectivity index (χ0n) is 14.3. The molecule has 0 saturated carbocycles. The molecule has 1 heterocycles. The van der Waals surface area contributed by atoms with Gasteiger partial charge in [-0.1, -0.05) is 0 Å². The number of carbonyl (C=O) groups is 2. The first-order chi connectivity index (χ1) is 11.3. The monoisotopic (exact) mass is 329 g/mol. The minimum atomic E-state index is -0.507. The Balaban J connectivity index is 1.95. The van der Waals surface area contributed by atoms with E-state index >= 15 is 0 Å². The number of nitrogens with zero attached hydrogens (tertiary/aromatic N) is 2. The molecule has 1 saturated heterocycles. The molecule has 0 aliphatic carbocycles. The SMILES string of the molecule is CC(C)(C)OC(=O)NC1CCN(c2ccc(C=O)cc2C#N)CC1. The van der Waals surface area contributed by atoms with Gasteiger partial charge in [-0.25, -0.2) is 4.79 Å². The summed E-state index contributed by atoms with van der Waals surface area (Å²) in [6.07, 6.45) is 1.90. The molecule has 1 aliphatic heterocycles. The summed E-state index contributed by atoms with van der Waals surface area (Å²) in [7, 11) is 0. The predicted molar refractivity (Wildman–Crippen MR) is 91.1 cm³/mol. The first-order valence-electron chi connectivity index (χ1n) is 8.06. The Morgan fingerprint density at radius 3 is 2.58 bits per heavy atom. The second-order valence-electron chi connectivity index (χ2n) is 6.91. The Kier molecular flexibility index (Phi) is 5.45. The largest absolute Gasteiger partial charge is 0.444 e. The Bertz CT molecular complexity index is 650. The lowest BCUT2D eigenvalue weighted by Crippen LogP contribution is -2.46. The van der Waals surface area contributed by atoms with Gasteiger partial charge in [-0.05, 0) is 51.8 Å². The molecule has 0 bridgehead atoms. The van der Waals surface area contributed by atoms with Gasteiger partial charge in [0.1, 0.15) is 18.0 Å². The van der Waals surface area contributed by atoms with E-state index in [2.05, 4.69) is 16.3 Å². The minimum Gasteiger partial charge on any atom is -0.444 e. The quantitative estimate of drug-likeness (QED) is 0.862. The van der Waals surface area contributed by atoms with Gasteiger partial charge in [-0.2, -0.15) is 5.26 Å². The Hall–Kier alpha value is -2.55. The molecule has 1 N–H and O–H groups in total. The lowest BCUT2D eigenvalue weighted by molar-refractivity contribution is 0.0497. The number of anilines is 1. The maximum Gasteiger partial charge on any atom is 0.407 e. The van der Waals surface area contributed by atoms with Gasteiger partial charge in [-0.3, -0.25) is 4.79 Å². The van der Waals surface area contributed by atoms with E-state index in [0.717, 1.165) is 37.9 Å². The molecule has 1 aromatic carbocycles. The number of nitriles is 1. The third-order valence-electron chi connectivity index (χ3n) is 3.83. The summed E-state index contributed by atoms with van der Waals surface area (Å²) < 4.78 is 5.27. The number of ether oxygens (including phenoxy) is 1. The van der Waals surface area contributed by atoms with E-state index in [-0.39, 0.29) is 6.04 Å². The number of hydrogen-bond acceptors (Lipinski definition) is 5. The summed E-state index contributed by atoms with van der Waals surface area (Å²) in [4.78, 5) is 24.8. The molecule has 1 fully saturated rings. The standard InChI is InChI=1S/C18H23N3O3/c1-18(2,3)24-17(23)20-15-6-8-21(9-7-15)16-5-4-13(12-22)10-14(16)11-19/h4-5,10,12,15H,6-9H2,1-3H3,(H,20,23). The minimum absolute atomic E-state index is 0.0656. The molecule has 2 rings (SSSR count). The van der Waals surface area contributed by atoms with E-state index < -0.39 is 11.7 Å². The third-order valence-corrected chi connectivity index (χ3v) is 3.83. The van der Waals surface area contributed by atoms with Crippen LogP contribution in [0.5, 0.6) is 0 Å². The summed E-state index contributed by atoms with van der Waals surface area (Å²) in [6.45, 7) is 6.97. The van der Waals surface area contributed by atoms with Crippen molar-refractivity contribution in [2.24, 2.45) is 0 Å². The zero-order valence-corrected chi connectivity index (χ0v) is 14.3. The molecule has 24 heavy (non-hydrogen) atoms. The lowest BCUT2D eigenvalue weighted by atomic mass is 10.0. The van der Waals surface area contributed by atoms with Crippen molar-refractivity contribution in [1.29, 1.82) is 5.26 Å². The number of amides is 1. The molecule has 1 aromatic rings. The van der Waals surface area contributed by atoms with Crippen LogP contribution in [0.3, 0.4) is 0 Å². The van der Waals surface area contributed by atoms with Crippen molar-refractivity contribution >= 4 is 18.1 Å². The number of nitrogens with one attached hydrogen (secondary N) is 1. The number of hydrogen-bond donors (Lipinski definition) is 1. The van der Waals surface area contributed by atoms with Crippen molar-refractivity contribution < 1.29 is 14.3 Å². The van der Waals surface area contributed by atoms with Crippen LogP contribution in [0.15, 0.2) is 18.2 Å². The fraction of sp³-hybridized carbons (Fsp3) is 0.500. The summed E-state index contributed by atoms with van der Waals surface area (Å²) >= 11 is 0. The highest BCUT2D eigenvalue weighted by atomic mass is 16.6. The maximum atomic E-state index is 11.8. The first-order valence-corrected chi connectivity index (χ1v) is 8.06. The molecule has 1 aliphatic rings. The van der Waals surface area contributed by atoms with E-state index in [4.69, 9.17) is 4.74 Å². The number of piperidine rings is 1. The van der Waals surface area contributed by atoms with Crippen molar-refractivity contribution in [1.82, 2.24) is 5.32 Å². The number of benzene rings is 1.